The largest absolute Gasteiger partial charge is 0.497 e. The van der Waals surface area contributed by atoms with Gasteiger partial charge in [-0.1, -0.05) is 13.0 Å². The number of fused-ring (bicyclic) bond motifs is 4. The van der Waals surface area contributed by atoms with E-state index in [1.807, 2.05) is 11.0 Å². The average Bonchev–Trinajstić information content (AvgIpc) is 2.63. The van der Waals surface area contributed by atoms with Crippen LogP contribution in [-0.2, 0) is 16.6 Å². The smallest absolute Gasteiger partial charge is 0.219 e. The number of methoxy groups -OCH3 is 1. The molecule has 0 saturated carbocycles. The molecule has 1 aromatic rings. The monoisotopic (exact) mass is 245 g/mol. The van der Waals surface area contributed by atoms with Gasteiger partial charge in [0.2, 0.25) is 5.91 Å². The highest BCUT2D eigenvalue weighted by Gasteiger charge is 2.47. The summed E-state index contributed by atoms with van der Waals surface area (Å²) in [6.07, 6.45) is 2.06. The summed E-state index contributed by atoms with van der Waals surface area (Å²) < 4.78 is 5.33. The van der Waals surface area contributed by atoms with Crippen LogP contribution in [0.4, 0.5) is 0 Å². The molecule has 1 heterocycles. The second kappa shape index (κ2) is 3.74. The van der Waals surface area contributed by atoms with E-state index in [0.717, 1.165) is 25.1 Å². The second-order valence-corrected chi connectivity index (χ2v) is 5.79. The Morgan fingerprint density at radius 1 is 1.50 bits per heavy atom. The topological polar surface area (TPSA) is 29.5 Å². The van der Waals surface area contributed by atoms with Crippen molar-refractivity contribution >= 4 is 5.91 Å². The normalized spacial score (nSPS) is 29.1. The van der Waals surface area contributed by atoms with Gasteiger partial charge in [0.05, 0.1) is 7.11 Å². The van der Waals surface area contributed by atoms with Gasteiger partial charge in [-0.2, -0.15) is 0 Å². The molecule has 0 N–H and O–H groups in total. The first kappa shape index (κ1) is 11.6. The van der Waals surface area contributed by atoms with E-state index in [0.29, 0.717) is 6.04 Å². The predicted molar refractivity (Wildman–Crippen MR) is 69.8 cm³/mol. The summed E-state index contributed by atoms with van der Waals surface area (Å²) in [6.45, 7) is 4.78. The molecule has 1 saturated heterocycles. The fourth-order valence-corrected chi connectivity index (χ4v) is 3.62. The molecule has 1 aliphatic carbocycles. The van der Waals surface area contributed by atoms with Crippen molar-refractivity contribution in [3.05, 3.63) is 29.3 Å². The minimum Gasteiger partial charge on any atom is -0.497 e. The molecule has 3 rings (SSSR count). The third kappa shape index (κ3) is 1.53. The molecule has 0 spiro atoms. The van der Waals surface area contributed by atoms with Gasteiger partial charge in [0.1, 0.15) is 5.75 Å². The summed E-state index contributed by atoms with van der Waals surface area (Å²) in [5.74, 6) is 1.11. The lowest BCUT2D eigenvalue weighted by Gasteiger charge is -2.30. The number of benzene rings is 1. The fourth-order valence-electron chi connectivity index (χ4n) is 3.62. The van der Waals surface area contributed by atoms with Gasteiger partial charge in [-0.3, -0.25) is 4.79 Å². The zero-order valence-electron chi connectivity index (χ0n) is 11.2. The predicted octanol–water partition coefficient (Wildman–Crippen LogP) is 2.13. The van der Waals surface area contributed by atoms with Crippen LogP contribution in [0.25, 0.3) is 0 Å². The zero-order valence-corrected chi connectivity index (χ0v) is 11.2. The van der Waals surface area contributed by atoms with E-state index < -0.39 is 0 Å². The molecule has 1 amide bonds. The lowest BCUT2D eigenvalue weighted by Crippen LogP contribution is -2.34. The molecule has 0 radical (unpaired) electrons. The van der Waals surface area contributed by atoms with Crippen LogP contribution in [0.5, 0.6) is 5.75 Å². The maximum atomic E-state index is 11.7. The first-order valence-corrected chi connectivity index (χ1v) is 6.48. The molecule has 2 bridgehead atoms. The molecule has 96 valence electrons. The van der Waals surface area contributed by atoms with Crippen LogP contribution in [0.1, 0.15) is 31.4 Å². The van der Waals surface area contributed by atoms with Crippen LogP contribution in [0.3, 0.4) is 0 Å². The first-order valence-electron chi connectivity index (χ1n) is 6.48. The number of nitrogens with zero attached hydrogens (tertiary/aromatic N) is 1. The molecule has 2 aliphatic rings. The van der Waals surface area contributed by atoms with Crippen LogP contribution < -0.4 is 4.74 Å². The quantitative estimate of drug-likeness (QED) is 0.758. The SMILES string of the molecule is COc1ccc2c(c1)[C@@]1(C)C[C@@H](C2)N(C(C)=O)C1. The lowest BCUT2D eigenvalue weighted by molar-refractivity contribution is -0.129. The van der Waals surface area contributed by atoms with Gasteiger partial charge < -0.3 is 9.64 Å². The lowest BCUT2D eigenvalue weighted by atomic mass is 9.73. The third-order valence-corrected chi connectivity index (χ3v) is 4.47. The van der Waals surface area contributed by atoms with Gasteiger partial charge in [-0.15, -0.1) is 0 Å². The van der Waals surface area contributed by atoms with Crippen molar-refractivity contribution in [3.8, 4) is 5.75 Å². The Morgan fingerprint density at radius 2 is 2.28 bits per heavy atom. The number of likely N-dealkylation sites (tertiary alicyclic amines) is 1. The minimum atomic E-state index is 0.0957. The average molecular weight is 245 g/mol. The van der Waals surface area contributed by atoms with Crippen LogP contribution in [0.2, 0.25) is 0 Å². The highest BCUT2D eigenvalue weighted by atomic mass is 16.5. The van der Waals surface area contributed by atoms with E-state index in [-0.39, 0.29) is 11.3 Å². The van der Waals surface area contributed by atoms with Crippen molar-refractivity contribution in [1.29, 1.82) is 0 Å². The summed E-state index contributed by atoms with van der Waals surface area (Å²) >= 11 is 0. The molecule has 1 aromatic carbocycles. The zero-order chi connectivity index (χ0) is 12.9. The van der Waals surface area contributed by atoms with E-state index in [2.05, 4.69) is 19.1 Å². The fraction of sp³-hybridized carbons (Fsp3) is 0.533. The van der Waals surface area contributed by atoms with Crippen molar-refractivity contribution in [3.63, 3.8) is 0 Å². The Kier molecular flexibility index (Phi) is 2.40. The number of rotatable bonds is 1. The number of carbonyl (C=O) groups is 1. The van der Waals surface area contributed by atoms with Gasteiger partial charge in [0.25, 0.3) is 0 Å². The molecule has 0 unspecified atom stereocenters. The van der Waals surface area contributed by atoms with Crippen molar-refractivity contribution in [1.82, 2.24) is 4.90 Å². The maximum Gasteiger partial charge on any atom is 0.219 e. The molecule has 1 aliphatic heterocycles. The molecule has 1 fully saturated rings. The van der Waals surface area contributed by atoms with Crippen molar-refractivity contribution in [2.45, 2.75) is 38.1 Å². The van der Waals surface area contributed by atoms with Gasteiger partial charge in [-0.25, -0.2) is 0 Å². The molecular formula is C15H19NO2. The molecule has 18 heavy (non-hydrogen) atoms. The van der Waals surface area contributed by atoms with Crippen molar-refractivity contribution in [2.75, 3.05) is 13.7 Å². The molecular weight excluding hydrogens is 226 g/mol. The van der Waals surface area contributed by atoms with E-state index >= 15 is 0 Å². The number of hydrogen-bond acceptors (Lipinski definition) is 2. The highest BCUT2D eigenvalue weighted by Crippen LogP contribution is 2.46. The Bertz CT molecular complexity index is 511. The number of carbonyl (C=O) groups excluding carboxylic acids is 1. The van der Waals surface area contributed by atoms with Gasteiger partial charge in [0, 0.05) is 24.9 Å². The second-order valence-electron chi connectivity index (χ2n) is 5.79. The summed E-state index contributed by atoms with van der Waals surface area (Å²) in [7, 11) is 1.70. The van der Waals surface area contributed by atoms with Crippen LogP contribution in [0.15, 0.2) is 18.2 Å². The summed E-state index contributed by atoms with van der Waals surface area (Å²) in [5, 5.41) is 0. The van der Waals surface area contributed by atoms with Crippen molar-refractivity contribution < 1.29 is 9.53 Å². The summed E-state index contributed by atoms with van der Waals surface area (Å²) in [6, 6.07) is 6.70. The molecule has 2 atom stereocenters. The Labute approximate surface area is 108 Å². The van der Waals surface area contributed by atoms with Crippen LogP contribution in [-0.4, -0.2) is 30.5 Å². The summed E-state index contributed by atoms with van der Waals surface area (Å²) in [5.41, 5.74) is 2.83. The number of hydrogen-bond donors (Lipinski definition) is 0. The third-order valence-electron chi connectivity index (χ3n) is 4.47. The van der Waals surface area contributed by atoms with Gasteiger partial charge in [0.15, 0.2) is 0 Å². The van der Waals surface area contributed by atoms with Crippen molar-refractivity contribution in [2.24, 2.45) is 0 Å². The van der Waals surface area contributed by atoms with E-state index in [9.17, 15) is 4.79 Å². The van der Waals surface area contributed by atoms with Crippen LogP contribution >= 0.6 is 0 Å². The molecule has 3 heteroatoms. The molecule has 0 aromatic heterocycles. The maximum absolute atomic E-state index is 11.7. The van der Waals surface area contributed by atoms with Crippen LogP contribution in [0, 0.1) is 0 Å². The van der Waals surface area contributed by atoms with E-state index in [1.165, 1.54) is 11.1 Å². The Morgan fingerprint density at radius 3 is 2.94 bits per heavy atom. The van der Waals surface area contributed by atoms with E-state index in [4.69, 9.17) is 4.74 Å². The summed E-state index contributed by atoms with van der Waals surface area (Å²) in [4.78, 5) is 13.7. The Balaban J connectivity index is 2.05. The standard InChI is InChI=1S/C15H19NO2/c1-10(17)16-9-15(2)8-12(16)6-11-4-5-13(18-3)7-14(11)15/h4-5,7,12H,6,8-9H2,1-3H3/t12-,15+/m1/s1. The number of ether oxygens (including phenoxy) is 1. The minimum absolute atomic E-state index is 0.0957. The highest BCUT2D eigenvalue weighted by molar-refractivity contribution is 5.75. The molecule has 3 nitrogen and oxygen atoms in total. The Hall–Kier alpha value is -1.51. The first-order chi connectivity index (χ1) is 8.53. The van der Waals surface area contributed by atoms with Gasteiger partial charge >= 0.3 is 0 Å². The van der Waals surface area contributed by atoms with Gasteiger partial charge in [-0.05, 0) is 36.1 Å². The number of amides is 1. The van der Waals surface area contributed by atoms with E-state index in [1.54, 1.807) is 14.0 Å².